The Balaban J connectivity index is 1.44. The lowest BCUT2D eigenvalue weighted by atomic mass is 10.1. The SMILES string of the molecule is COC(=O)c1ccc(/C=N/NC(=O)CSc2nnc(-c3ccccc3)n2-c2ccc(C)cc2)cc1. The van der Waals surface area contributed by atoms with E-state index in [0.29, 0.717) is 16.5 Å². The molecule has 4 rings (SSSR count). The molecular weight excluding hydrogens is 462 g/mol. The van der Waals surface area contributed by atoms with Gasteiger partial charge in [0.05, 0.1) is 24.6 Å². The van der Waals surface area contributed by atoms with Gasteiger partial charge in [0, 0.05) is 11.3 Å². The predicted octanol–water partition coefficient (Wildman–Crippen LogP) is 4.27. The summed E-state index contributed by atoms with van der Waals surface area (Å²) < 4.78 is 6.62. The summed E-state index contributed by atoms with van der Waals surface area (Å²) >= 11 is 1.28. The Morgan fingerprint density at radius 1 is 1.00 bits per heavy atom. The second kappa shape index (κ2) is 11.3. The summed E-state index contributed by atoms with van der Waals surface area (Å²) in [5.74, 6) is 0.118. The molecular formula is C26H23N5O3S. The molecule has 0 fully saturated rings. The number of benzene rings is 3. The van der Waals surface area contributed by atoms with Crippen molar-refractivity contribution in [3.63, 3.8) is 0 Å². The maximum Gasteiger partial charge on any atom is 0.337 e. The van der Waals surface area contributed by atoms with E-state index in [1.165, 1.54) is 25.1 Å². The molecule has 1 heterocycles. The first-order valence-corrected chi connectivity index (χ1v) is 11.7. The Morgan fingerprint density at radius 2 is 1.71 bits per heavy atom. The Hall–Kier alpha value is -4.24. The van der Waals surface area contributed by atoms with Crippen LogP contribution in [0.5, 0.6) is 0 Å². The van der Waals surface area contributed by atoms with Gasteiger partial charge in [0.1, 0.15) is 0 Å². The number of ether oxygens (including phenoxy) is 1. The van der Waals surface area contributed by atoms with E-state index < -0.39 is 5.97 Å². The van der Waals surface area contributed by atoms with Crippen molar-refractivity contribution in [2.24, 2.45) is 5.10 Å². The number of esters is 1. The number of carbonyl (C=O) groups excluding carboxylic acids is 2. The van der Waals surface area contributed by atoms with Crippen molar-refractivity contribution in [2.75, 3.05) is 12.9 Å². The summed E-state index contributed by atoms with van der Waals surface area (Å²) in [6, 6.07) is 24.5. The summed E-state index contributed by atoms with van der Waals surface area (Å²) in [5.41, 5.74) is 6.68. The fraction of sp³-hybridized carbons (Fsp3) is 0.115. The normalized spacial score (nSPS) is 10.9. The van der Waals surface area contributed by atoms with Crippen molar-refractivity contribution in [3.8, 4) is 17.1 Å². The van der Waals surface area contributed by atoms with Crippen molar-refractivity contribution in [1.29, 1.82) is 0 Å². The van der Waals surface area contributed by atoms with Gasteiger partial charge in [0.15, 0.2) is 11.0 Å². The second-order valence-electron chi connectivity index (χ2n) is 7.54. The highest BCUT2D eigenvalue weighted by molar-refractivity contribution is 7.99. The van der Waals surface area contributed by atoms with E-state index in [9.17, 15) is 9.59 Å². The molecule has 0 aliphatic heterocycles. The van der Waals surface area contributed by atoms with Gasteiger partial charge in [-0.25, -0.2) is 10.2 Å². The second-order valence-corrected chi connectivity index (χ2v) is 8.48. The van der Waals surface area contributed by atoms with Gasteiger partial charge in [-0.2, -0.15) is 5.10 Å². The number of hydrogen-bond donors (Lipinski definition) is 1. The zero-order valence-corrected chi connectivity index (χ0v) is 20.0. The highest BCUT2D eigenvalue weighted by atomic mass is 32.2. The van der Waals surface area contributed by atoms with Crippen LogP contribution in [0.3, 0.4) is 0 Å². The number of nitrogens with one attached hydrogen (secondary N) is 1. The molecule has 3 aromatic carbocycles. The average molecular weight is 486 g/mol. The van der Waals surface area contributed by atoms with Gasteiger partial charge in [0.25, 0.3) is 5.91 Å². The number of carbonyl (C=O) groups is 2. The van der Waals surface area contributed by atoms with Crippen LogP contribution < -0.4 is 5.43 Å². The molecule has 0 saturated carbocycles. The highest BCUT2D eigenvalue weighted by Gasteiger charge is 2.17. The third-order valence-electron chi connectivity index (χ3n) is 5.02. The number of nitrogens with zero attached hydrogens (tertiary/aromatic N) is 4. The molecule has 1 N–H and O–H groups in total. The van der Waals surface area contributed by atoms with Crippen LogP contribution in [0, 0.1) is 6.92 Å². The summed E-state index contributed by atoms with van der Waals surface area (Å²) in [6.45, 7) is 2.03. The van der Waals surface area contributed by atoms with Crippen molar-refractivity contribution in [1.82, 2.24) is 20.2 Å². The molecule has 0 aliphatic rings. The quantitative estimate of drug-likeness (QED) is 0.173. The minimum atomic E-state index is -0.410. The number of aryl methyl sites for hydroxylation is 1. The number of aromatic nitrogens is 3. The van der Waals surface area contributed by atoms with Crippen molar-refractivity contribution in [2.45, 2.75) is 12.1 Å². The van der Waals surface area contributed by atoms with Gasteiger partial charge in [0.2, 0.25) is 0 Å². The third kappa shape index (κ3) is 6.01. The fourth-order valence-corrected chi connectivity index (χ4v) is 3.97. The average Bonchev–Trinajstić information content (AvgIpc) is 3.32. The Kier molecular flexibility index (Phi) is 7.69. The van der Waals surface area contributed by atoms with Gasteiger partial charge < -0.3 is 4.74 Å². The molecule has 0 atom stereocenters. The fourth-order valence-electron chi connectivity index (χ4n) is 3.23. The molecule has 1 amide bonds. The Morgan fingerprint density at radius 3 is 2.40 bits per heavy atom. The molecule has 35 heavy (non-hydrogen) atoms. The van der Waals surface area contributed by atoms with E-state index in [1.807, 2.05) is 66.1 Å². The largest absolute Gasteiger partial charge is 0.465 e. The summed E-state index contributed by atoms with van der Waals surface area (Å²) in [4.78, 5) is 23.9. The number of thioether (sulfide) groups is 1. The zero-order chi connectivity index (χ0) is 24.6. The zero-order valence-electron chi connectivity index (χ0n) is 19.2. The highest BCUT2D eigenvalue weighted by Crippen LogP contribution is 2.28. The van der Waals surface area contributed by atoms with Crippen molar-refractivity contribution in [3.05, 3.63) is 95.6 Å². The lowest BCUT2D eigenvalue weighted by molar-refractivity contribution is -0.118. The van der Waals surface area contributed by atoms with Crippen LogP contribution in [0.1, 0.15) is 21.5 Å². The van der Waals surface area contributed by atoms with E-state index in [1.54, 1.807) is 24.3 Å². The van der Waals surface area contributed by atoms with Gasteiger partial charge in [-0.05, 0) is 36.8 Å². The summed E-state index contributed by atoms with van der Waals surface area (Å²) in [7, 11) is 1.33. The molecule has 4 aromatic rings. The van der Waals surface area contributed by atoms with E-state index in [4.69, 9.17) is 0 Å². The Bertz CT molecular complexity index is 1330. The molecule has 9 heteroatoms. The van der Waals surface area contributed by atoms with Gasteiger partial charge in [-0.1, -0.05) is 71.9 Å². The van der Waals surface area contributed by atoms with Crippen LogP contribution in [0.2, 0.25) is 0 Å². The first kappa shape index (κ1) is 23.9. The summed E-state index contributed by atoms with van der Waals surface area (Å²) in [6.07, 6.45) is 1.51. The van der Waals surface area contributed by atoms with Gasteiger partial charge >= 0.3 is 5.97 Å². The molecule has 1 aromatic heterocycles. The lowest BCUT2D eigenvalue weighted by Crippen LogP contribution is -2.20. The smallest absolute Gasteiger partial charge is 0.337 e. The van der Waals surface area contributed by atoms with Crippen molar-refractivity contribution >= 4 is 29.9 Å². The lowest BCUT2D eigenvalue weighted by Gasteiger charge is -2.10. The van der Waals surface area contributed by atoms with Crippen LogP contribution in [0.4, 0.5) is 0 Å². The molecule has 8 nitrogen and oxygen atoms in total. The molecule has 0 saturated heterocycles. The number of rotatable bonds is 8. The van der Waals surface area contributed by atoms with Crippen LogP contribution in [-0.4, -0.2) is 45.7 Å². The molecule has 0 unspecified atom stereocenters. The Labute approximate surface area is 207 Å². The van der Waals surface area contributed by atoms with E-state index in [0.717, 1.165) is 22.4 Å². The van der Waals surface area contributed by atoms with E-state index in [2.05, 4.69) is 25.5 Å². The molecule has 0 spiro atoms. The van der Waals surface area contributed by atoms with Crippen LogP contribution in [0.15, 0.2) is 89.1 Å². The van der Waals surface area contributed by atoms with Gasteiger partial charge in [-0.15, -0.1) is 10.2 Å². The maximum absolute atomic E-state index is 12.4. The van der Waals surface area contributed by atoms with Crippen LogP contribution >= 0.6 is 11.8 Å². The first-order valence-electron chi connectivity index (χ1n) is 10.8. The van der Waals surface area contributed by atoms with Crippen LogP contribution in [0.25, 0.3) is 17.1 Å². The summed E-state index contributed by atoms with van der Waals surface area (Å²) in [5, 5.41) is 13.3. The van der Waals surface area contributed by atoms with Crippen LogP contribution in [-0.2, 0) is 9.53 Å². The standard InChI is InChI=1S/C26H23N5O3S/c1-18-8-14-22(15-9-18)31-24(20-6-4-3-5-7-20)29-30-26(31)35-17-23(32)28-27-16-19-10-12-21(13-11-19)25(33)34-2/h3-16H,17H2,1-2H3,(H,28,32)/b27-16+. The molecule has 176 valence electrons. The van der Waals surface area contributed by atoms with E-state index >= 15 is 0 Å². The van der Waals surface area contributed by atoms with E-state index in [-0.39, 0.29) is 11.7 Å². The van der Waals surface area contributed by atoms with Gasteiger partial charge in [-0.3, -0.25) is 9.36 Å². The van der Waals surface area contributed by atoms with Crippen molar-refractivity contribution < 1.29 is 14.3 Å². The molecule has 0 bridgehead atoms. The maximum atomic E-state index is 12.4. The first-order chi connectivity index (χ1) is 17.0. The minimum absolute atomic E-state index is 0.109. The molecule has 0 radical (unpaired) electrons. The number of amides is 1. The topological polar surface area (TPSA) is 98.5 Å². The third-order valence-corrected chi connectivity index (χ3v) is 5.95. The molecule has 0 aliphatic carbocycles. The number of hydrazone groups is 1. The number of hydrogen-bond acceptors (Lipinski definition) is 7. The predicted molar refractivity (Wildman–Crippen MR) is 136 cm³/mol. The monoisotopic (exact) mass is 485 g/mol. The number of methoxy groups -OCH3 is 1. The minimum Gasteiger partial charge on any atom is -0.465 e.